The molecule has 3 rings (SSSR count). The quantitative estimate of drug-likeness (QED) is 0.392. The lowest BCUT2D eigenvalue weighted by molar-refractivity contribution is 0.449. The topological polar surface area (TPSA) is 6.48 Å². The Morgan fingerprint density at radius 1 is 0.909 bits per heavy atom. The van der Waals surface area contributed by atoms with Gasteiger partial charge in [0.25, 0.3) is 0 Å². The van der Waals surface area contributed by atoms with Crippen molar-refractivity contribution >= 4 is 45.1 Å². The van der Waals surface area contributed by atoms with E-state index in [4.69, 9.17) is 0 Å². The van der Waals surface area contributed by atoms with Crippen LogP contribution in [0.4, 0.5) is 30.2 Å². The molecule has 0 N–H and O–H groups in total. The molecule has 0 saturated heterocycles. The Kier molecular flexibility index (Phi) is 4.54. The molecule has 0 radical (unpaired) electrons. The number of rotatable bonds is 4. The van der Waals surface area contributed by atoms with E-state index in [0.717, 1.165) is 35.7 Å². The van der Waals surface area contributed by atoms with Crippen LogP contribution in [0.1, 0.15) is 6.42 Å². The fourth-order valence-corrected chi connectivity index (χ4v) is 3.62. The highest BCUT2D eigenvalue weighted by Crippen LogP contribution is 2.49. The van der Waals surface area contributed by atoms with Crippen molar-refractivity contribution in [3.05, 3.63) is 53.8 Å². The summed E-state index contributed by atoms with van der Waals surface area (Å²) in [7, 11) is 0. The summed E-state index contributed by atoms with van der Waals surface area (Å²) in [4.78, 5) is 0. The van der Waals surface area contributed by atoms with E-state index in [-0.39, 0.29) is 5.69 Å². The molecule has 0 bridgehead atoms. The minimum Gasteiger partial charge on any atom is -0.296 e. The van der Waals surface area contributed by atoms with E-state index in [2.05, 4.69) is 15.9 Å². The molecule has 0 spiro atoms. The molecule has 0 unspecified atom stereocenters. The molecule has 116 valence electrons. The Morgan fingerprint density at radius 2 is 1.64 bits per heavy atom. The second kappa shape index (κ2) is 6.42. The number of alkyl halides is 1. The van der Waals surface area contributed by atoms with E-state index in [1.165, 1.54) is 18.2 Å². The Balaban J connectivity index is 2.01. The van der Waals surface area contributed by atoms with Crippen molar-refractivity contribution in [2.24, 2.45) is 0 Å². The van der Waals surface area contributed by atoms with Crippen LogP contribution in [0.15, 0.2) is 36.4 Å². The largest absolute Gasteiger partial charge is 0.296 e. The lowest BCUT2D eigenvalue weighted by atomic mass is 10.2. The van der Waals surface area contributed by atoms with Gasteiger partial charge in [0.05, 0.1) is 29.2 Å². The average Bonchev–Trinajstić information content (AvgIpc) is 2.90. The summed E-state index contributed by atoms with van der Waals surface area (Å²) in [5.41, 5.74) is 1.70. The molecule has 2 nitrogen and oxygen atoms in total. The minimum atomic E-state index is -1.45. The van der Waals surface area contributed by atoms with E-state index in [9.17, 15) is 13.2 Å². The fourth-order valence-electron chi connectivity index (χ4n) is 2.24. The van der Waals surface area contributed by atoms with Gasteiger partial charge < -0.3 is 0 Å². The maximum absolute atomic E-state index is 14.1. The number of halogens is 4. The molecule has 0 amide bonds. The van der Waals surface area contributed by atoms with Crippen molar-refractivity contribution in [1.82, 2.24) is 0 Å². The Morgan fingerprint density at radius 3 is 2.36 bits per heavy atom. The van der Waals surface area contributed by atoms with Gasteiger partial charge in [-0.3, -0.25) is 8.61 Å². The summed E-state index contributed by atoms with van der Waals surface area (Å²) in [5.74, 6) is -3.81. The summed E-state index contributed by atoms with van der Waals surface area (Å²) < 4.78 is 44.3. The van der Waals surface area contributed by atoms with Crippen LogP contribution >= 0.6 is 28.1 Å². The first-order valence-electron chi connectivity index (χ1n) is 6.67. The number of hydrogen-bond acceptors (Lipinski definition) is 3. The zero-order valence-corrected chi connectivity index (χ0v) is 13.8. The number of benzene rings is 2. The van der Waals surface area contributed by atoms with Gasteiger partial charge >= 0.3 is 0 Å². The van der Waals surface area contributed by atoms with E-state index < -0.39 is 17.5 Å². The SMILES string of the molecule is Fc1ccc(N2SN(CCCBr)c3ccccc32)c(F)c1F. The number of nitrogens with zero attached hydrogens (tertiary/aromatic N) is 2. The van der Waals surface area contributed by atoms with Crippen molar-refractivity contribution < 1.29 is 13.2 Å². The lowest BCUT2D eigenvalue weighted by Gasteiger charge is -2.20. The average molecular weight is 389 g/mol. The third-order valence-electron chi connectivity index (χ3n) is 3.28. The predicted octanol–water partition coefficient (Wildman–Crippen LogP) is 5.41. The van der Waals surface area contributed by atoms with Gasteiger partial charge in [0.2, 0.25) is 0 Å². The van der Waals surface area contributed by atoms with E-state index >= 15 is 0 Å². The van der Waals surface area contributed by atoms with Crippen LogP contribution in [-0.4, -0.2) is 11.9 Å². The second-order valence-electron chi connectivity index (χ2n) is 4.70. The van der Waals surface area contributed by atoms with Gasteiger partial charge in [-0.15, -0.1) is 0 Å². The van der Waals surface area contributed by atoms with E-state index in [1.54, 1.807) is 4.31 Å². The summed E-state index contributed by atoms with van der Waals surface area (Å²) in [6, 6.07) is 9.68. The Bertz CT molecular complexity index is 698. The van der Waals surface area contributed by atoms with Gasteiger partial charge in [0.15, 0.2) is 17.5 Å². The zero-order chi connectivity index (χ0) is 15.7. The minimum absolute atomic E-state index is 0.0118. The maximum Gasteiger partial charge on any atom is 0.196 e. The van der Waals surface area contributed by atoms with Crippen LogP contribution in [-0.2, 0) is 0 Å². The van der Waals surface area contributed by atoms with Crippen LogP contribution in [0.3, 0.4) is 0 Å². The molecule has 0 saturated carbocycles. The molecule has 1 aliphatic heterocycles. The Labute approximate surface area is 139 Å². The monoisotopic (exact) mass is 388 g/mol. The van der Waals surface area contributed by atoms with Gasteiger partial charge in [0, 0.05) is 11.9 Å². The summed E-state index contributed by atoms with van der Waals surface area (Å²) >= 11 is 4.66. The van der Waals surface area contributed by atoms with Gasteiger partial charge in [-0.05, 0) is 30.7 Å². The maximum atomic E-state index is 14.1. The Hall–Kier alpha value is -1.34. The molecule has 0 aromatic heterocycles. The van der Waals surface area contributed by atoms with Crippen LogP contribution in [0.5, 0.6) is 0 Å². The second-order valence-corrected chi connectivity index (χ2v) is 6.47. The molecular weight excluding hydrogens is 377 g/mol. The highest BCUT2D eigenvalue weighted by atomic mass is 79.9. The van der Waals surface area contributed by atoms with Crippen molar-refractivity contribution in [1.29, 1.82) is 0 Å². The molecule has 1 aliphatic rings. The van der Waals surface area contributed by atoms with Gasteiger partial charge in [-0.25, -0.2) is 13.2 Å². The molecule has 7 heteroatoms. The summed E-state index contributed by atoms with van der Waals surface area (Å²) in [5, 5.41) is 0.853. The molecule has 1 heterocycles. The van der Waals surface area contributed by atoms with Crippen LogP contribution in [0, 0.1) is 17.5 Å². The third kappa shape index (κ3) is 2.67. The smallest absolute Gasteiger partial charge is 0.196 e. The number of hydrogen-bond donors (Lipinski definition) is 0. The van der Waals surface area contributed by atoms with Gasteiger partial charge in [-0.2, -0.15) is 0 Å². The predicted molar refractivity (Wildman–Crippen MR) is 88.2 cm³/mol. The van der Waals surface area contributed by atoms with Crippen molar-refractivity contribution in [3.63, 3.8) is 0 Å². The van der Waals surface area contributed by atoms with Crippen LogP contribution in [0.2, 0.25) is 0 Å². The van der Waals surface area contributed by atoms with Crippen LogP contribution < -0.4 is 8.61 Å². The highest BCUT2D eigenvalue weighted by molar-refractivity contribution is 9.09. The first kappa shape index (κ1) is 15.6. The first-order valence-corrected chi connectivity index (χ1v) is 8.53. The van der Waals surface area contributed by atoms with Gasteiger partial charge in [-0.1, -0.05) is 28.1 Å². The summed E-state index contributed by atoms with van der Waals surface area (Å²) in [6.07, 6.45) is 0.912. The molecular formula is C15H12BrF3N2S. The molecule has 2 aromatic rings. The molecule has 0 aliphatic carbocycles. The number of para-hydroxylation sites is 2. The molecule has 2 aromatic carbocycles. The summed E-state index contributed by atoms with van der Waals surface area (Å²) in [6.45, 7) is 0.759. The van der Waals surface area contributed by atoms with E-state index in [1.807, 2.05) is 28.6 Å². The normalized spacial score (nSPS) is 13.6. The molecule has 0 fully saturated rings. The highest BCUT2D eigenvalue weighted by Gasteiger charge is 2.31. The van der Waals surface area contributed by atoms with Crippen molar-refractivity contribution in [2.45, 2.75) is 6.42 Å². The number of fused-ring (bicyclic) bond motifs is 1. The van der Waals surface area contributed by atoms with E-state index in [0.29, 0.717) is 0 Å². The molecule has 0 atom stereocenters. The number of anilines is 3. The fraction of sp³-hybridized carbons (Fsp3) is 0.200. The zero-order valence-electron chi connectivity index (χ0n) is 11.4. The third-order valence-corrected chi connectivity index (χ3v) is 4.97. The van der Waals surface area contributed by atoms with Gasteiger partial charge in [0.1, 0.15) is 0 Å². The lowest BCUT2D eigenvalue weighted by Crippen LogP contribution is -2.16. The standard InChI is InChI=1S/C15H12BrF3N2S/c16-8-3-9-20-11-4-1-2-5-12(11)21(22-20)13-7-6-10(17)14(18)15(13)19/h1-2,4-7H,3,8-9H2. The first-order chi connectivity index (χ1) is 10.6. The van der Waals surface area contributed by atoms with Crippen LogP contribution in [0.25, 0.3) is 0 Å². The molecule has 22 heavy (non-hydrogen) atoms. The van der Waals surface area contributed by atoms with Crippen molar-refractivity contribution in [2.75, 3.05) is 20.5 Å². The van der Waals surface area contributed by atoms with Crippen molar-refractivity contribution in [3.8, 4) is 0 Å².